The molecule has 2 rings (SSSR count). The highest BCUT2D eigenvalue weighted by Crippen LogP contribution is 2.14. The van der Waals surface area contributed by atoms with Gasteiger partial charge in [-0.1, -0.05) is 6.92 Å². The van der Waals surface area contributed by atoms with Crippen molar-refractivity contribution >= 4 is 0 Å². The molecule has 1 aliphatic rings. The van der Waals surface area contributed by atoms with Crippen molar-refractivity contribution in [2.24, 2.45) is 13.0 Å². The lowest BCUT2D eigenvalue weighted by molar-refractivity contribution is 0.338. The highest BCUT2D eigenvalue weighted by atomic mass is 15.1. The Morgan fingerprint density at radius 2 is 2.44 bits per heavy atom. The van der Waals surface area contributed by atoms with Crippen LogP contribution in [0.25, 0.3) is 0 Å². The SMILES string of the molecule is CCN1CCC(CNCc2nccn2C)C1. The van der Waals surface area contributed by atoms with Crippen LogP contribution in [-0.4, -0.2) is 40.6 Å². The highest BCUT2D eigenvalue weighted by molar-refractivity contribution is 4.90. The summed E-state index contributed by atoms with van der Waals surface area (Å²) >= 11 is 0. The molecule has 2 heterocycles. The maximum atomic E-state index is 4.30. The quantitative estimate of drug-likeness (QED) is 0.802. The van der Waals surface area contributed by atoms with E-state index >= 15 is 0 Å². The maximum Gasteiger partial charge on any atom is 0.122 e. The Labute approximate surface area is 97.7 Å². The van der Waals surface area contributed by atoms with Gasteiger partial charge in [-0.05, 0) is 32.0 Å². The van der Waals surface area contributed by atoms with Gasteiger partial charge in [-0.3, -0.25) is 0 Å². The molecule has 4 nitrogen and oxygen atoms in total. The van der Waals surface area contributed by atoms with Crippen molar-refractivity contribution < 1.29 is 0 Å². The van der Waals surface area contributed by atoms with Crippen molar-refractivity contribution in [3.05, 3.63) is 18.2 Å². The van der Waals surface area contributed by atoms with E-state index in [4.69, 9.17) is 0 Å². The second kappa shape index (κ2) is 5.46. The average molecular weight is 222 g/mol. The number of nitrogens with zero attached hydrogens (tertiary/aromatic N) is 3. The van der Waals surface area contributed by atoms with Crippen molar-refractivity contribution in [1.29, 1.82) is 0 Å². The van der Waals surface area contributed by atoms with Gasteiger partial charge in [-0.25, -0.2) is 4.98 Å². The third-order valence-corrected chi connectivity index (χ3v) is 3.45. The molecule has 90 valence electrons. The Morgan fingerprint density at radius 1 is 1.56 bits per heavy atom. The lowest BCUT2D eigenvalue weighted by atomic mass is 10.1. The molecule has 1 N–H and O–H groups in total. The number of rotatable bonds is 5. The summed E-state index contributed by atoms with van der Waals surface area (Å²) < 4.78 is 2.07. The summed E-state index contributed by atoms with van der Waals surface area (Å²) in [6.07, 6.45) is 5.18. The minimum absolute atomic E-state index is 0.820. The Hall–Kier alpha value is -0.870. The first-order chi connectivity index (χ1) is 7.79. The van der Waals surface area contributed by atoms with Crippen LogP contribution in [0.4, 0.5) is 0 Å². The lowest BCUT2D eigenvalue weighted by Crippen LogP contribution is -2.26. The zero-order valence-electron chi connectivity index (χ0n) is 10.3. The molecule has 0 bridgehead atoms. The van der Waals surface area contributed by atoms with Gasteiger partial charge in [-0.15, -0.1) is 0 Å². The van der Waals surface area contributed by atoms with E-state index in [-0.39, 0.29) is 0 Å². The Balaban J connectivity index is 1.67. The Morgan fingerprint density at radius 3 is 3.06 bits per heavy atom. The van der Waals surface area contributed by atoms with Crippen molar-refractivity contribution in [3.63, 3.8) is 0 Å². The molecule has 1 saturated heterocycles. The second-order valence-electron chi connectivity index (χ2n) is 4.63. The summed E-state index contributed by atoms with van der Waals surface area (Å²) in [5.41, 5.74) is 0. The number of imidazole rings is 1. The number of aryl methyl sites for hydroxylation is 1. The monoisotopic (exact) mass is 222 g/mol. The zero-order chi connectivity index (χ0) is 11.4. The van der Waals surface area contributed by atoms with Crippen LogP contribution in [0, 0.1) is 5.92 Å². The third kappa shape index (κ3) is 2.83. The Kier molecular flexibility index (Phi) is 3.96. The fourth-order valence-corrected chi connectivity index (χ4v) is 2.32. The number of aromatic nitrogens is 2. The van der Waals surface area contributed by atoms with E-state index in [0.29, 0.717) is 0 Å². The Bertz CT molecular complexity index is 321. The molecule has 4 heteroatoms. The van der Waals surface area contributed by atoms with Crippen LogP contribution < -0.4 is 5.32 Å². The van der Waals surface area contributed by atoms with Crippen molar-refractivity contribution in [1.82, 2.24) is 19.8 Å². The molecule has 1 aliphatic heterocycles. The predicted octanol–water partition coefficient (Wildman–Crippen LogP) is 0.851. The van der Waals surface area contributed by atoms with E-state index in [2.05, 4.69) is 26.7 Å². The number of likely N-dealkylation sites (tertiary alicyclic amines) is 1. The summed E-state index contributed by atoms with van der Waals surface area (Å²) in [5.74, 6) is 1.94. The molecular formula is C12H22N4. The van der Waals surface area contributed by atoms with Gasteiger partial charge >= 0.3 is 0 Å². The second-order valence-corrected chi connectivity index (χ2v) is 4.63. The first kappa shape index (κ1) is 11.6. The molecule has 0 radical (unpaired) electrons. The molecule has 0 saturated carbocycles. The standard InChI is InChI=1S/C12H22N4/c1-3-16-6-4-11(10-16)8-13-9-12-14-5-7-15(12)2/h5,7,11,13H,3-4,6,8-10H2,1-2H3. The van der Waals surface area contributed by atoms with Crippen LogP contribution in [0.1, 0.15) is 19.2 Å². The molecule has 16 heavy (non-hydrogen) atoms. The van der Waals surface area contributed by atoms with Gasteiger partial charge < -0.3 is 14.8 Å². The van der Waals surface area contributed by atoms with Gasteiger partial charge in [0.05, 0.1) is 6.54 Å². The molecular weight excluding hydrogens is 200 g/mol. The first-order valence-electron chi connectivity index (χ1n) is 6.19. The fraction of sp³-hybridized carbons (Fsp3) is 0.750. The van der Waals surface area contributed by atoms with E-state index in [1.807, 2.05) is 19.4 Å². The van der Waals surface area contributed by atoms with E-state index in [1.54, 1.807) is 0 Å². The minimum atomic E-state index is 0.820. The van der Waals surface area contributed by atoms with E-state index in [9.17, 15) is 0 Å². The first-order valence-corrected chi connectivity index (χ1v) is 6.19. The van der Waals surface area contributed by atoms with Crippen molar-refractivity contribution in [2.45, 2.75) is 19.9 Å². The highest BCUT2D eigenvalue weighted by Gasteiger charge is 2.20. The van der Waals surface area contributed by atoms with Crippen LogP contribution in [0.3, 0.4) is 0 Å². The third-order valence-electron chi connectivity index (χ3n) is 3.45. The molecule has 1 atom stereocenters. The van der Waals surface area contributed by atoms with Crippen LogP contribution >= 0.6 is 0 Å². The van der Waals surface area contributed by atoms with Crippen molar-refractivity contribution in [2.75, 3.05) is 26.2 Å². The van der Waals surface area contributed by atoms with Crippen molar-refractivity contribution in [3.8, 4) is 0 Å². The largest absolute Gasteiger partial charge is 0.337 e. The van der Waals surface area contributed by atoms with Crippen LogP contribution in [0.5, 0.6) is 0 Å². The fourth-order valence-electron chi connectivity index (χ4n) is 2.32. The number of nitrogens with one attached hydrogen (secondary N) is 1. The molecule has 0 amide bonds. The van der Waals surface area contributed by atoms with Gasteiger partial charge in [0.15, 0.2) is 0 Å². The molecule has 0 aliphatic carbocycles. The summed E-state index contributed by atoms with van der Waals surface area (Å²) in [6, 6.07) is 0. The van der Waals surface area contributed by atoms with E-state index in [1.165, 1.54) is 26.1 Å². The molecule has 0 aromatic carbocycles. The summed E-state index contributed by atoms with van der Waals surface area (Å²) in [7, 11) is 2.04. The average Bonchev–Trinajstić information content (AvgIpc) is 2.89. The maximum absolute atomic E-state index is 4.30. The molecule has 0 spiro atoms. The van der Waals surface area contributed by atoms with Gasteiger partial charge in [0.25, 0.3) is 0 Å². The zero-order valence-corrected chi connectivity index (χ0v) is 10.3. The van der Waals surface area contributed by atoms with Gasteiger partial charge in [0.1, 0.15) is 5.82 Å². The van der Waals surface area contributed by atoms with E-state index in [0.717, 1.165) is 24.8 Å². The number of hydrogen-bond acceptors (Lipinski definition) is 3. The smallest absolute Gasteiger partial charge is 0.122 e. The topological polar surface area (TPSA) is 33.1 Å². The van der Waals surface area contributed by atoms with E-state index < -0.39 is 0 Å². The summed E-state index contributed by atoms with van der Waals surface area (Å²) in [5, 5.41) is 3.51. The normalized spacial score (nSPS) is 21.8. The van der Waals surface area contributed by atoms with Crippen LogP contribution in [-0.2, 0) is 13.6 Å². The number of hydrogen-bond donors (Lipinski definition) is 1. The van der Waals surface area contributed by atoms with Gasteiger partial charge in [0, 0.05) is 26.0 Å². The van der Waals surface area contributed by atoms with Gasteiger partial charge in [-0.2, -0.15) is 0 Å². The van der Waals surface area contributed by atoms with Gasteiger partial charge in [0.2, 0.25) is 0 Å². The lowest BCUT2D eigenvalue weighted by Gasteiger charge is -2.13. The van der Waals surface area contributed by atoms with Crippen LogP contribution in [0.2, 0.25) is 0 Å². The molecule has 1 aromatic rings. The van der Waals surface area contributed by atoms with Crippen LogP contribution in [0.15, 0.2) is 12.4 Å². The predicted molar refractivity (Wildman–Crippen MR) is 65.1 cm³/mol. The molecule has 1 unspecified atom stereocenters. The summed E-state index contributed by atoms with van der Waals surface area (Å²) in [6.45, 7) is 7.95. The molecule has 1 fully saturated rings. The summed E-state index contributed by atoms with van der Waals surface area (Å²) in [4.78, 5) is 6.82. The molecule has 1 aromatic heterocycles. The minimum Gasteiger partial charge on any atom is -0.337 e.